The monoisotopic (exact) mass is 219 g/mol. The van der Waals surface area contributed by atoms with Crippen LogP contribution in [0.5, 0.6) is 0 Å². The fraction of sp³-hybridized carbons (Fsp3) is 0.714. The number of hydrogen-bond acceptors (Lipinski definition) is 4. The average molecular weight is 220 g/mol. The predicted molar refractivity (Wildman–Crippen MR) is 47.2 cm³/mol. The summed E-state index contributed by atoms with van der Waals surface area (Å²) in [5.74, 6) is -0.176. The van der Waals surface area contributed by atoms with E-state index in [-0.39, 0.29) is 12.5 Å². The van der Waals surface area contributed by atoms with Gasteiger partial charge in [0.05, 0.1) is 19.6 Å². The second-order valence-electron chi connectivity index (χ2n) is 3.10. The number of nitrogens with zero attached hydrogens (tertiary/aromatic N) is 3. The first-order valence-corrected chi connectivity index (χ1v) is 4.67. The Morgan fingerprint density at radius 3 is 2.50 bits per heavy atom. The van der Waals surface area contributed by atoms with Crippen molar-refractivity contribution in [3.8, 4) is 0 Å². The van der Waals surface area contributed by atoms with Gasteiger partial charge < -0.3 is 4.74 Å². The number of carbonyl (C=O) groups excluding carboxylic acids is 2. The minimum Gasteiger partial charge on any atom is -0.446 e. The van der Waals surface area contributed by atoms with Crippen LogP contribution in [0.4, 0.5) is 4.79 Å². The molecular weight excluding hydrogens is 210 g/mol. The molecule has 0 aromatic carbocycles. The van der Waals surface area contributed by atoms with Gasteiger partial charge in [-0.25, -0.2) is 19.2 Å². The maximum Gasteiger partial charge on any atom is 0.429 e. The highest BCUT2D eigenvalue weighted by molar-refractivity contribution is 6.14. The van der Waals surface area contributed by atoms with Crippen LogP contribution in [0.3, 0.4) is 0 Å². The highest BCUT2D eigenvalue weighted by Crippen LogP contribution is 2.13. The van der Waals surface area contributed by atoms with E-state index in [1.54, 1.807) is 0 Å². The molecule has 0 radical (unpaired) electrons. The summed E-state index contributed by atoms with van der Waals surface area (Å²) in [5.41, 5.74) is 0. The van der Waals surface area contributed by atoms with Crippen LogP contribution in [0.15, 0.2) is 0 Å². The van der Waals surface area contributed by atoms with E-state index in [1.165, 1.54) is 14.4 Å². The van der Waals surface area contributed by atoms with Crippen molar-refractivity contribution in [1.29, 1.82) is 0 Å². The standard InChI is InChI=1S/C7H10ClN3O3/c8-9-1-2-10(6(12)5-9)11-3-4-14-7(11)13/h1-5H2. The van der Waals surface area contributed by atoms with Crippen LogP contribution in [-0.2, 0) is 9.53 Å². The topological polar surface area (TPSA) is 53.1 Å². The van der Waals surface area contributed by atoms with Gasteiger partial charge in [-0.2, -0.15) is 0 Å². The Morgan fingerprint density at radius 2 is 1.93 bits per heavy atom. The molecule has 0 aromatic rings. The van der Waals surface area contributed by atoms with Crippen LogP contribution in [0, 0.1) is 0 Å². The maximum absolute atomic E-state index is 11.5. The molecule has 0 saturated carbocycles. The van der Waals surface area contributed by atoms with Gasteiger partial charge in [-0.05, 0) is 11.8 Å². The van der Waals surface area contributed by atoms with Crippen molar-refractivity contribution in [1.82, 2.24) is 14.4 Å². The van der Waals surface area contributed by atoms with Crippen molar-refractivity contribution in [2.24, 2.45) is 0 Å². The molecule has 0 unspecified atom stereocenters. The quantitative estimate of drug-likeness (QED) is 0.566. The number of ether oxygens (including phenoxy) is 1. The maximum atomic E-state index is 11.5. The molecule has 0 aromatic heterocycles. The van der Waals surface area contributed by atoms with E-state index in [2.05, 4.69) is 0 Å². The zero-order valence-electron chi connectivity index (χ0n) is 7.48. The third-order valence-electron chi connectivity index (χ3n) is 2.18. The second-order valence-corrected chi connectivity index (χ2v) is 3.58. The van der Waals surface area contributed by atoms with Crippen molar-refractivity contribution < 1.29 is 14.3 Å². The fourth-order valence-electron chi connectivity index (χ4n) is 1.50. The molecule has 0 N–H and O–H groups in total. The first kappa shape index (κ1) is 9.54. The van der Waals surface area contributed by atoms with Gasteiger partial charge >= 0.3 is 6.09 Å². The normalized spacial score (nSPS) is 24.4. The average Bonchev–Trinajstić information content (AvgIpc) is 2.52. The highest BCUT2D eigenvalue weighted by Gasteiger charge is 2.34. The molecule has 0 spiro atoms. The van der Waals surface area contributed by atoms with Crippen molar-refractivity contribution in [3.05, 3.63) is 0 Å². The molecule has 2 saturated heterocycles. The number of hydrazine groups is 1. The van der Waals surface area contributed by atoms with E-state index < -0.39 is 6.09 Å². The summed E-state index contributed by atoms with van der Waals surface area (Å²) in [6.45, 7) is 1.89. The molecule has 2 aliphatic heterocycles. The number of carbonyl (C=O) groups is 2. The van der Waals surface area contributed by atoms with Crippen molar-refractivity contribution >= 4 is 23.8 Å². The molecule has 7 heteroatoms. The van der Waals surface area contributed by atoms with E-state index in [1.807, 2.05) is 0 Å². The minimum absolute atomic E-state index is 0.130. The van der Waals surface area contributed by atoms with Crippen LogP contribution < -0.4 is 0 Å². The Balaban J connectivity index is 2.03. The molecule has 0 aliphatic carbocycles. The van der Waals surface area contributed by atoms with Gasteiger partial charge in [0.15, 0.2) is 0 Å². The summed E-state index contributed by atoms with van der Waals surface area (Å²) in [5, 5.41) is 2.72. The molecule has 78 valence electrons. The molecular formula is C7H10ClN3O3. The summed E-state index contributed by atoms with van der Waals surface area (Å²) < 4.78 is 6.14. The first-order valence-electron chi connectivity index (χ1n) is 4.34. The second kappa shape index (κ2) is 3.62. The summed E-state index contributed by atoms with van der Waals surface area (Å²) in [6, 6.07) is 0. The van der Waals surface area contributed by atoms with Crippen LogP contribution in [-0.4, -0.2) is 59.2 Å². The van der Waals surface area contributed by atoms with E-state index in [0.29, 0.717) is 26.2 Å². The minimum atomic E-state index is -0.457. The smallest absolute Gasteiger partial charge is 0.429 e. The molecule has 0 bridgehead atoms. The molecule has 2 amide bonds. The predicted octanol–water partition coefficient (Wildman–Crippen LogP) is -0.348. The lowest BCUT2D eigenvalue weighted by Gasteiger charge is -2.34. The molecule has 2 aliphatic rings. The highest BCUT2D eigenvalue weighted by atomic mass is 35.5. The summed E-state index contributed by atoms with van der Waals surface area (Å²) in [6.07, 6.45) is -0.457. The zero-order chi connectivity index (χ0) is 10.1. The molecule has 6 nitrogen and oxygen atoms in total. The number of cyclic esters (lactones) is 1. The largest absolute Gasteiger partial charge is 0.446 e. The lowest BCUT2D eigenvalue weighted by molar-refractivity contribution is -0.147. The van der Waals surface area contributed by atoms with E-state index in [9.17, 15) is 9.59 Å². The van der Waals surface area contributed by atoms with Gasteiger partial charge in [-0.15, -0.1) is 0 Å². The van der Waals surface area contributed by atoms with Crippen molar-refractivity contribution in [3.63, 3.8) is 0 Å². The van der Waals surface area contributed by atoms with Crippen molar-refractivity contribution in [2.45, 2.75) is 0 Å². The molecule has 2 rings (SSSR count). The fourth-order valence-corrected chi connectivity index (χ4v) is 1.67. The van der Waals surface area contributed by atoms with Crippen LogP contribution in [0.1, 0.15) is 0 Å². The Labute approximate surface area is 86.0 Å². The van der Waals surface area contributed by atoms with E-state index in [0.717, 1.165) is 0 Å². The van der Waals surface area contributed by atoms with Gasteiger partial charge in [0.25, 0.3) is 5.91 Å². The zero-order valence-corrected chi connectivity index (χ0v) is 8.24. The van der Waals surface area contributed by atoms with Gasteiger partial charge in [0.2, 0.25) is 0 Å². The summed E-state index contributed by atoms with van der Waals surface area (Å²) in [4.78, 5) is 22.7. The van der Waals surface area contributed by atoms with Crippen molar-refractivity contribution in [2.75, 3.05) is 32.8 Å². The number of rotatable bonds is 1. The lowest BCUT2D eigenvalue weighted by atomic mass is 10.4. The van der Waals surface area contributed by atoms with Crippen LogP contribution >= 0.6 is 11.8 Å². The molecule has 0 atom stereocenters. The van der Waals surface area contributed by atoms with Crippen LogP contribution in [0.25, 0.3) is 0 Å². The number of piperazine rings is 1. The number of halogens is 1. The van der Waals surface area contributed by atoms with Gasteiger partial charge in [0, 0.05) is 6.54 Å². The summed E-state index contributed by atoms with van der Waals surface area (Å²) >= 11 is 5.67. The van der Waals surface area contributed by atoms with Crippen LogP contribution in [0.2, 0.25) is 0 Å². The SMILES string of the molecule is O=C1CN(Cl)CCN1N1CCOC1=O. The Hall–Kier alpha value is -1.01. The third kappa shape index (κ3) is 1.62. The van der Waals surface area contributed by atoms with E-state index >= 15 is 0 Å². The Kier molecular flexibility index (Phi) is 2.47. The first-order chi connectivity index (χ1) is 6.68. The third-order valence-corrected chi connectivity index (χ3v) is 2.47. The van der Waals surface area contributed by atoms with E-state index in [4.69, 9.17) is 16.5 Å². The molecule has 2 fully saturated rings. The number of amides is 2. The Morgan fingerprint density at radius 1 is 1.14 bits per heavy atom. The summed E-state index contributed by atoms with van der Waals surface area (Å²) in [7, 11) is 0. The Bertz CT molecular complexity index is 273. The van der Waals surface area contributed by atoms with Gasteiger partial charge in [0.1, 0.15) is 6.61 Å². The lowest BCUT2D eigenvalue weighted by Crippen LogP contribution is -2.55. The van der Waals surface area contributed by atoms with Gasteiger partial charge in [-0.3, -0.25) is 4.79 Å². The molecule has 14 heavy (non-hydrogen) atoms. The van der Waals surface area contributed by atoms with Gasteiger partial charge in [-0.1, -0.05) is 0 Å². The molecule has 2 heterocycles. The number of hydrogen-bond donors (Lipinski definition) is 0.